The molecule has 0 bridgehead atoms. The molecule has 0 amide bonds. The maximum absolute atomic E-state index is 4.93. The number of fused-ring (bicyclic) bond motifs is 2. The molecule has 1 aromatic rings. The van der Waals surface area contributed by atoms with Crippen molar-refractivity contribution in [2.45, 2.75) is 40.5 Å². The van der Waals surface area contributed by atoms with E-state index in [-0.39, 0.29) is 0 Å². The van der Waals surface area contributed by atoms with Crippen molar-refractivity contribution in [3.63, 3.8) is 0 Å². The van der Waals surface area contributed by atoms with Crippen molar-refractivity contribution >= 4 is 27.2 Å². The van der Waals surface area contributed by atoms with Crippen LogP contribution in [-0.4, -0.2) is 24.6 Å². The average molecular weight is 355 g/mol. The lowest BCUT2D eigenvalue weighted by Crippen LogP contribution is -2.29. The largest absolute Gasteiger partial charge is 0.385 e. The Morgan fingerprint density at radius 2 is 1.88 bits per heavy atom. The van der Waals surface area contributed by atoms with Crippen molar-refractivity contribution in [1.29, 1.82) is 0 Å². The van der Waals surface area contributed by atoms with Crippen LogP contribution in [0.1, 0.15) is 39.2 Å². The summed E-state index contributed by atoms with van der Waals surface area (Å²) in [5, 5.41) is 4.81. The fourth-order valence-corrected chi connectivity index (χ4v) is 4.29. The van der Waals surface area contributed by atoms with Gasteiger partial charge in [0, 0.05) is 24.4 Å². The molecule has 25 heavy (non-hydrogen) atoms. The second-order valence-electron chi connectivity index (χ2n) is 6.46. The quantitative estimate of drug-likeness (QED) is 0.394. The summed E-state index contributed by atoms with van der Waals surface area (Å²) in [6.45, 7) is 11.9. The van der Waals surface area contributed by atoms with Crippen molar-refractivity contribution in [1.82, 2.24) is 9.56 Å². The number of aromatic nitrogens is 1. The maximum atomic E-state index is 4.93. The van der Waals surface area contributed by atoms with Crippen molar-refractivity contribution < 1.29 is 0 Å². The first kappa shape index (κ1) is 17.9. The molecule has 1 aliphatic carbocycles. The van der Waals surface area contributed by atoms with E-state index in [1.165, 1.54) is 39.0 Å². The first-order valence-electron chi connectivity index (χ1n) is 9.33. The number of hydrogen-bond donors (Lipinski definition) is 1. The Morgan fingerprint density at radius 3 is 2.60 bits per heavy atom. The van der Waals surface area contributed by atoms with Crippen LogP contribution in [0.15, 0.2) is 30.3 Å². The summed E-state index contributed by atoms with van der Waals surface area (Å²) in [6, 6.07) is 11.1. The van der Waals surface area contributed by atoms with Crippen LogP contribution in [0, 0.1) is 6.92 Å². The highest BCUT2D eigenvalue weighted by Crippen LogP contribution is 2.32. The summed E-state index contributed by atoms with van der Waals surface area (Å²) >= 11 is 1.84. The first-order valence-corrected chi connectivity index (χ1v) is 10.1. The van der Waals surface area contributed by atoms with E-state index in [2.05, 4.69) is 67.9 Å². The van der Waals surface area contributed by atoms with Gasteiger partial charge in [0.2, 0.25) is 5.36 Å². The highest BCUT2D eigenvalue weighted by Gasteiger charge is 2.13. The molecule has 2 aliphatic rings. The molecule has 132 valence electrons. The Hall–Kier alpha value is -1.94. The highest BCUT2D eigenvalue weighted by atomic mass is 32.1. The van der Waals surface area contributed by atoms with Gasteiger partial charge < -0.3 is 5.32 Å². The van der Waals surface area contributed by atoms with Crippen LogP contribution in [-0.2, 0) is 0 Å². The predicted molar refractivity (Wildman–Crippen MR) is 111 cm³/mol. The summed E-state index contributed by atoms with van der Waals surface area (Å²) in [4.78, 5) is 6.20. The molecule has 4 heteroatoms. The summed E-state index contributed by atoms with van der Waals surface area (Å²) in [5.74, 6) is 0. The van der Waals surface area contributed by atoms with Crippen molar-refractivity contribution in [3.8, 4) is 10.6 Å². The summed E-state index contributed by atoms with van der Waals surface area (Å²) in [6.07, 6.45) is 2.41. The van der Waals surface area contributed by atoms with Crippen LogP contribution < -0.4 is 15.2 Å². The number of hydrogen-bond acceptors (Lipinski definition) is 3. The van der Waals surface area contributed by atoms with E-state index >= 15 is 0 Å². The lowest BCUT2D eigenvalue weighted by Gasteiger charge is -2.11. The zero-order chi connectivity index (χ0) is 17.8. The normalized spacial score (nSPS) is 11.2. The molecule has 0 saturated carbocycles. The molecule has 0 unspecified atom stereocenters. The Kier molecular flexibility index (Phi) is 5.69. The number of unbranched alkanes of at least 4 members (excludes halogenated alkanes) is 1. The van der Waals surface area contributed by atoms with Crippen molar-refractivity contribution in [3.05, 3.63) is 41.3 Å². The lowest BCUT2D eigenvalue weighted by molar-refractivity contribution is 0.626. The third-order valence-corrected chi connectivity index (χ3v) is 5.73. The van der Waals surface area contributed by atoms with Gasteiger partial charge in [0.1, 0.15) is 13.1 Å². The van der Waals surface area contributed by atoms with Gasteiger partial charge >= 0.3 is 0 Å². The third kappa shape index (κ3) is 3.84. The second kappa shape index (κ2) is 7.96. The van der Waals surface area contributed by atoms with E-state index in [4.69, 9.17) is 4.98 Å². The monoisotopic (exact) mass is 354 g/mol. The molecule has 0 saturated heterocycles. The fourth-order valence-electron chi connectivity index (χ4n) is 3.17. The summed E-state index contributed by atoms with van der Waals surface area (Å²) in [7, 11) is 0. The van der Waals surface area contributed by atoms with Gasteiger partial charge in [0.05, 0.1) is 20.8 Å². The summed E-state index contributed by atoms with van der Waals surface area (Å²) in [5.41, 5.74) is 4.65. The minimum atomic E-state index is 1.03. The number of benzene rings is 2. The van der Waals surface area contributed by atoms with E-state index in [0.717, 1.165) is 30.8 Å². The van der Waals surface area contributed by atoms with Crippen molar-refractivity contribution in [2.75, 3.05) is 25.0 Å². The van der Waals surface area contributed by atoms with E-state index in [1.807, 2.05) is 11.3 Å². The minimum absolute atomic E-state index is 1.03. The van der Waals surface area contributed by atoms with Gasteiger partial charge in [-0.15, -0.1) is 11.3 Å². The topological polar surface area (TPSA) is 27.9 Å². The number of nitrogens with zero attached hydrogens (tertiary/aromatic N) is 2. The number of anilines is 1. The first-order chi connectivity index (χ1) is 12.2. The van der Waals surface area contributed by atoms with E-state index in [0.29, 0.717) is 0 Å². The van der Waals surface area contributed by atoms with Crippen molar-refractivity contribution in [2.24, 2.45) is 0 Å². The molecule has 0 aromatic heterocycles. The van der Waals surface area contributed by atoms with Gasteiger partial charge in [-0.05, 0) is 51.0 Å². The number of aryl methyl sites for hydroxylation is 1. The molecule has 1 N–H and O–H groups in total. The van der Waals surface area contributed by atoms with Gasteiger partial charge in [-0.3, -0.25) is 0 Å². The van der Waals surface area contributed by atoms with E-state index < -0.39 is 0 Å². The Morgan fingerprint density at radius 1 is 1.08 bits per heavy atom. The zero-order valence-electron chi connectivity index (χ0n) is 15.7. The van der Waals surface area contributed by atoms with Gasteiger partial charge in [0.25, 0.3) is 0 Å². The Bertz CT molecular complexity index is 905. The van der Waals surface area contributed by atoms with Gasteiger partial charge in [-0.2, -0.15) is 0 Å². The maximum Gasteiger partial charge on any atom is 0.201 e. The number of rotatable bonds is 6. The second-order valence-corrected chi connectivity index (χ2v) is 7.54. The molecule has 0 spiro atoms. The smallest absolute Gasteiger partial charge is 0.201 e. The third-order valence-electron chi connectivity index (χ3n) is 4.65. The summed E-state index contributed by atoms with van der Waals surface area (Å²) < 4.78 is 3.64. The predicted octanol–water partition coefficient (Wildman–Crippen LogP) is 4.73. The van der Waals surface area contributed by atoms with Gasteiger partial charge in [0.15, 0.2) is 0 Å². The number of nitrogens with one attached hydrogen (secondary N) is 1. The molecule has 3 rings (SSSR count). The van der Waals surface area contributed by atoms with Crippen LogP contribution in [0.2, 0.25) is 0 Å². The van der Waals surface area contributed by atoms with Crippen LogP contribution in [0.25, 0.3) is 20.8 Å². The minimum Gasteiger partial charge on any atom is -0.385 e. The molecule has 0 atom stereocenters. The van der Waals surface area contributed by atoms with Gasteiger partial charge in [-0.1, -0.05) is 13.3 Å². The highest BCUT2D eigenvalue weighted by molar-refractivity contribution is 7.21. The van der Waals surface area contributed by atoms with Crippen LogP contribution in [0.5, 0.6) is 0 Å². The van der Waals surface area contributed by atoms with Crippen LogP contribution in [0.4, 0.5) is 5.69 Å². The Balaban J connectivity index is 2.12. The molecule has 0 fully saturated rings. The van der Waals surface area contributed by atoms with E-state index in [9.17, 15) is 0 Å². The molecular weight excluding hydrogens is 326 g/mol. The van der Waals surface area contributed by atoms with Crippen LogP contribution >= 0.6 is 11.3 Å². The zero-order valence-corrected chi connectivity index (χ0v) is 16.5. The Labute approximate surface area is 154 Å². The molecule has 1 heterocycles. The van der Waals surface area contributed by atoms with E-state index in [1.54, 1.807) is 0 Å². The molecule has 3 nitrogen and oxygen atoms in total. The van der Waals surface area contributed by atoms with Crippen LogP contribution in [0.3, 0.4) is 0 Å². The van der Waals surface area contributed by atoms with Gasteiger partial charge in [-0.25, -0.2) is 9.56 Å². The molecule has 0 radical (unpaired) electrons. The lowest BCUT2D eigenvalue weighted by atomic mass is 10.1. The molecule has 1 aliphatic heterocycles. The average Bonchev–Trinajstić information content (AvgIpc) is 2.61. The SMILES string of the molecule is CCCCNc1ccc2nc3c(C)cc(=[N+](CC)CC)cc-3sc2c1. The standard InChI is InChI=1S/C21H27N3S/c1-5-8-11-22-16-9-10-18-19(13-16)25-20-14-17(24(6-2)7-3)12-15(4)21(20)23-18/h9-10,12-14H,5-8,11H2,1-4H3/p+1. The molecular formula is C21H28N3S+. The fraction of sp³-hybridized carbons (Fsp3) is 0.429. The molecule has 1 aromatic carbocycles.